The molecule has 2 unspecified atom stereocenters. The number of thiazole rings is 1. The first kappa shape index (κ1) is 12.5. The Balaban J connectivity index is 2.10. The summed E-state index contributed by atoms with van der Waals surface area (Å²) in [6, 6.07) is 2.33. The Bertz CT molecular complexity index is 407. The van der Waals surface area contributed by atoms with Gasteiger partial charge < -0.3 is 4.90 Å². The molecular weight excluding hydrogens is 230 g/mol. The van der Waals surface area contributed by atoms with Crippen molar-refractivity contribution >= 4 is 11.3 Å². The van der Waals surface area contributed by atoms with Crippen LogP contribution in [0.15, 0.2) is 5.38 Å². The van der Waals surface area contributed by atoms with Gasteiger partial charge in [-0.2, -0.15) is 5.26 Å². The second kappa shape index (κ2) is 5.61. The molecule has 1 aromatic rings. The molecule has 0 saturated carbocycles. The number of piperidine rings is 1. The minimum atomic E-state index is -0.0266. The number of nitrogens with zero attached hydrogens (tertiary/aromatic N) is 3. The SMILES string of the molecule is CCC(C#N)c1csc(C2CCCN(C)C2)n1. The van der Waals surface area contributed by atoms with Crippen molar-refractivity contribution in [3.63, 3.8) is 0 Å². The molecule has 92 valence electrons. The average molecular weight is 249 g/mol. The largest absolute Gasteiger partial charge is 0.306 e. The summed E-state index contributed by atoms with van der Waals surface area (Å²) < 4.78 is 0. The zero-order chi connectivity index (χ0) is 12.3. The zero-order valence-electron chi connectivity index (χ0n) is 10.5. The molecule has 0 N–H and O–H groups in total. The molecule has 2 rings (SSSR count). The van der Waals surface area contributed by atoms with Crippen molar-refractivity contribution in [3.8, 4) is 6.07 Å². The normalized spacial score (nSPS) is 23.2. The summed E-state index contributed by atoms with van der Waals surface area (Å²) in [6.07, 6.45) is 3.34. The lowest BCUT2D eigenvalue weighted by Crippen LogP contribution is -2.30. The van der Waals surface area contributed by atoms with Crippen LogP contribution in [0.5, 0.6) is 0 Å². The third kappa shape index (κ3) is 2.85. The topological polar surface area (TPSA) is 39.9 Å². The fraction of sp³-hybridized carbons (Fsp3) is 0.692. The molecule has 1 saturated heterocycles. The Morgan fingerprint density at radius 3 is 3.18 bits per heavy atom. The molecule has 0 aliphatic carbocycles. The van der Waals surface area contributed by atoms with Crippen molar-refractivity contribution in [2.75, 3.05) is 20.1 Å². The molecule has 0 aromatic carbocycles. The van der Waals surface area contributed by atoms with E-state index in [1.165, 1.54) is 24.4 Å². The van der Waals surface area contributed by atoms with Gasteiger partial charge in [0.1, 0.15) is 0 Å². The first-order chi connectivity index (χ1) is 8.24. The Morgan fingerprint density at radius 2 is 2.53 bits per heavy atom. The molecule has 1 aliphatic heterocycles. The highest BCUT2D eigenvalue weighted by molar-refractivity contribution is 7.09. The van der Waals surface area contributed by atoms with Crippen LogP contribution in [0.25, 0.3) is 0 Å². The number of likely N-dealkylation sites (tertiary alicyclic amines) is 1. The van der Waals surface area contributed by atoms with Crippen LogP contribution in [-0.2, 0) is 0 Å². The quantitative estimate of drug-likeness (QED) is 0.827. The van der Waals surface area contributed by atoms with Gasteiger partial charge in [-0.1, -0.05) is 6.92 Å². The molecular formula is C13H19N3S. The average Bonchev–Trinajstić information content (AvgIpc) is 2.80. The Labute approximate surface area is 107 Å². The molecule has 1 aliphatic rings. The first-order valence-corrected chi connectivity index (χ1v) is 7.16. The summed E-state index contributed by atoms with van der Waals surface area (Å²) in [7, 11) is 2.17. The molecule has 2 heterocycles. The van der Waals surface area contributed by atoms with Crippen LogP contribution in [0.4, 0.5) is 0 Å². The van der Waals surface area contributed by atoms with Crippen LogP contribution in [0.3, 0.4) is 0 Å². The summed E-state index contributed by atoms with van der Waals surface area (Å²) >= 11 is 1.73. The standard InChI is InChI=1S/C13H19N3S/c1-3-10(7-14)12-9-17-13(15-12)11-5-4-6-16(2)8-11/h9-11H,3-6,8H2,1-2H3. The maximum atomic E-state index is 9.05. The molecule has 0 radical (unpaired) electrons. The fourth-order valence-corrected chi connectivity index (χ4v) is 3.38. The predicted octanol–water partition coefficient (Wildman–Crippen LogP) is 2.97. The molecule has 0 bridgehead atoms. The van der Waals surface area contributed by atoms with E-state index in [0.29, 0.717) is 5.92 Å². The minimum absolute atomic E-state index is 0.0266. The highest BCUT2D eigenvalue weighted by atomic mass is 32.1. The summed E-state index contributed by atoms with van der Waals surface area (Å²) in [5.41, 5.74) is 0.975. The molecule has 3 nitrogen and oxygen atoms in total. The van der Waals surface area contributed by atoms with E-state index in [-0.39, 0.29) is 5.92 Å². The van der Waals surface area contributed by atoms with E-state index < -0.39 is 0 Å². The van der Waals surface area contributed by atoms with E-state index in [9.17, 15) is 0 Å². The van der Waals surface area contributed by atoms with Crippen LogP contribution in [0.2, 0.25) is 0 Å². The van der Waals surface area contributed by atoms with Gasteiger partial charge in [-0.05, 0) is 32.9 Å². The van der Waals surface area contributed by atoms with E-state index >= 15 is 0 Å². The minimum Gasteiger partial charge on any atom is -0.306 e. The molecule has 2 atom stereocenters. The lowest BCUT2D eigenvalue weighted by atomic mass is 9.99. The molecule has 17 heavy (non-hydrogen) atoms. The lowest BCUT2D eigenvalue weighted by molar-refractivity contribution is 0.250. The van der Waals surface area contributed by atoms with Crippen LogP contribution in [0, 0.1) is 11.3 Å². The van der Waals surface area contributed by atoms with Gasteiger partial charge in [0.15, 0.2) is 0 Å². The second-order valence-electron chi connectivity index (χ2n) is 4.80. The van der Waals surface area contributed by atoms with Crippen LogP contribution < -0.4 is 0 Å². The van der Waals surface area contributed by atoms with Crippen molar-refractivity contribution in [3.05, 3.63) is 16.1 Å². The van der Waals surface area contributed by atoms with Crippen LogP contribution in [-0.4, -0.2) is 30.0 Å². The van der Waals surface area contributed by atoms with Gasteiger partial charge in [-0.3, -0.25) is 0 Å². The Morgan fingerprint density at radius 1 is 1.71 bits per heavy atom. The van der Waals surface area contributed by atoms with Crippen molar-refractivity contribution in [2.24, 2.45) is 0 Å². The number of hydrogen-bond acceptors (Lipinski definition) is 4. The number of aromatic nitrogens is 1. The summed E-state index contributed by atoms with van der Waals surface area (Å²) in [5, 5.41) is 12.3. The second-order valence-corrected chi connectivity index (χ2v) is 5.69. The summed E-state index contributed by atoms with van der Waals surface area (Å²) in [4.78, 5) is 7.05. The molecule has 4 heteroatoms. The van der Waals surface area contributed by atoms with Gasteiger partial charge in [0.05, 0.1) is 22.7 Å². The van der Waals surface area contributed by atoms with Crippen LogP contribution >= 0.6 is 11.3 Å². The monoisotopic (exact) mass is 249 g/mol. The zero-order valence-corrected chi connectivity index (χ0v) is 11.3. The smallest absolute Gasteiger partial charge is 0.0972 e. The maximum Gasteiger partial charge on any atom is 0.0972 e. The lowest BCUT2D eigenvalue weighted by Gasteiger charge is -2.28. The van der Waals surface area contributed by atoms with Gasteiger partial charge in [-0.15, -0.1) is 11.3 Å². The Kier molecular flexibility index (Phi) is 4.14. The van der Waals surface area contributed by atoms with Gasteiger partial charge in [-0.25, -0.2) is 4.98 Å². The van der Waals surface area contributed by atoms with Crippen molar-refractivity contribution in [2.45, 2.75) is 38.0 Å². The van der Waals surface area contributed by atoms with Crippen molar-refractivity contribution < 1.29 is 0 Å². The summed E-state index contributed by atoms with van der Waals surface area (Å²) in [6.45, 7) is 4.35. The number of nitriles is 1. The van der Waals surface area contributed by atoms with Gasteiger partial charge in [0.25, 0.3) is 0 Å². The van der Waals surface area contributed by atoms with E-state index in [4.69, 9.17) is 5.26 Å². The van der Waals surface area contributed by atoms with Crippen molar-refractivity contribution in [1.82, 2.24) is 9.88 Å². The van der Waals surface area contributed by atoms with E-state index in [1.807, 2.05) is 6.92 Å². The predicted molar refractivity (Wildman–Crippen MR) is 70.2 cm³/mol. The highest BCUT2D eigenvalue weighted by Crippen LogP contribution is 2.30. The number of hydrogen-bond donors (Lipinski definition) is 0. The Hall–Kier alpha value is -0.920. The van der Waals surface area contributed by atoms with E-state index in [2.05, 4.69) is 28.4 Å². The van der Waals surface area contributed by atoms with Gasteiger partial charge in [0, 0.05) is 17.8 Å². The van der Waals surface area contributed by atoms with Crippen LogP contribution in [0.1, 0.15) is 48.7 Å². The fourth-order valence-electron chi connectivity index (χ4n) is 2.38. The van der Waals surface area contributed by atoms with E-state index in [1.54, 1.807) is 11.3 Å². The van der Waals surface area contributed by atoms with Gasteiger partial charge in [0.2, 0.25) is 0 Å². The van der Waals surface area contributed by atoms with Gasteiger partial charge >= 0.3 is 0 Å². The summed E-state index contributed by atoms with van der Waals surface area (Å²) in [5.74, 6) is 0.546. The molecule has 0 spiro atoms. The molecule has 0 amide bonds. The highest BCUT2D eigenvalue weighted by Gasteiger charge is 2.22. The van der Waals surface area contributed by atoms with Crippen molar-refractivity contribution in [1.29, 1.82) is 5.26 Å². The first-order valence-electron chi connectivity index (χ1n) is 6.28. The molecule has 1 fully saturated rings. The third-order valence-corrected chi connectivity index (χ3v) is 4.46. The third-order valence-electron chi connectivity index (χ3n) is 3.43. The molecule has 1 aromatic heterocycles. The number of likely N-dealkylation sites (N-methyl/N-ethyl adjacent to an activating group) is 1. The maximum absolute atomic E-state index is 9.05. The van der Waals surface area contributed by atoms with E-state index in [0.717, 1.165) is 18.7 Å². The number of rotatable bonds is 3.